The molecular weight excluding hydrogens is 396 g/mol. The third-order valence-corrected chi connectivity index (χ3v) is 5.58. The Balaban J connectivity index is 1.63. The molecule has 0 radical (unpaired) electrons. The van der Waals surface area contributed by atoms with Crippen molar-refractivity contribution in [3.63, 3.8) is 0 Å². The van der Waals surface area contributed by atoms with Crippen LogP contribution in [0.3, 0.4) is 0 Å². The van der Waals surface area contributed by atoms with E-state index in [1.54, 1.807) is 17.0 Å². The molecule has 0 saturated carbocycles. The first-order valence-electron chi connectivity index (χ1n) is 10.1. The van der Waals surface area contributed by atoms with Gasteiger partial charge in [0.1, 0.15) is 6.54 Å². The van der Waals surface area contributed by atoms with Crippen molar-refractivity contribution >= 4 is 29.1 Å². The first-order valence-corrected chi connectivity index (χ1v) is 10.5. The molecule has 1 aliphatic rings. The average molecular weight is 419 g/mol. The van der Waals surface area contributed by atoms with E-state index in [-0.39, 0.29) is 24.4 Å². The number of halogens is 1. The molecule has 30 heavy (non-hydrogen) atoms. The van der Waals surface area contributed by atoms with E-state index in [9.17, 15) is 9.59 Å². The third-order valence-electron chi connectivity index (χ3n) is 5.34. The Morgan fingerprint density at radius 1 is 1.00 bits per heavy atom. The molecule has 3 aromatic carbocycles. The van der Waals surface area contributed by atoms with Crippen LogP contribution in [-0.2, 0) is 16.0 Å². The summed E-state index contributed by atoms with van der Waals surface area (Å²) in [5, 5.41) is 3.50. The number of nitrogens with zero attached hydrogens (tertiary/aromatic N) is 1. The number of aryl methyl sites for hydroxylation is 1. The van der Waals surface area contributed by atoms with Gasteiger partial charge in [-0.2, -0.15) is 0 Å². The van der Waals surface area contributed by atoms with Crippen LogP contribution in [0.25, 0.3) is 0 Å². The summed E-state index contributed by atoms with van der Waals surface area (Å²) in [6.07, 6.45) is 1.93. The van der Waals surface area contributed by atoms with Crippen LogP contribution >= 0.6 is 11.6 Å². The molecule has 1 N–H and O–H groups in total. The lowest BCUT2D eigenvalue weighted by Crippen LogP contribution is -2.38. The fraction of sp³-hybridized carbons (Fsp3) is 0.200. The molecular formula is C25H23ClN2O2. The molecule has 0 spiro atoms. The first kappa shape index (κ1) is 20.2. The Morgan fingerprint density at radius 3 is 2.43 bits per heavy atom. The van der Waals surface area contributed by atoms with E-state index >= 15 is 0 Å². The van der Waals surface area contributed by atoms with Crippen molar-refractivity contribution in [3.05, 3.63) is 101 Å². The number of benzene rings is 3. The van der Waals surface area contributed by atoms with Crippen LogP contribution in [0.5, 0.6) is 0 Å². The van der Waals surface area contributed by atoms with Crippen molar-refractivity contribution in [3.8, 4) is 0 Å². The van der Waals surface area contributed by atoms with E-state index in [2.05, 4.69) is 17.4 Å². The van der Waals surface area contributed by atoms with Crippen LogP contribution in [-0.4, -0.2) is 23.3 Å². The summed E-state index contributed by atoms with van der Waals surface area (Å²) in [5.74, 6) is -0.240. The number of hydrogen-bond acceptors (Lipinski definition) is 2. The standard InChI is InChI=1S/C25H23ClN2O2/c26-20-14-15-22-21(16-20)25(19-11-5-2-6-12-19)28(17-23(29)27-22)24(30)13-7-10-18-8-3-1-4-9-18/h1-6,8-9,11-12,14-16,25H,7,10,13,17H2,(H,27,29). The SMILES string of the molecule is O=C1CN(C(=O)CCCc2ccccc2)C(c2ccccc2)c2cc(Cl)ccc2N1. The summed E-state index contributed by atoms with van der Waals surface area (Å²) in [5.41, 5.74) is 3.68. The average Bonchev–Trinajstić information content (AvgIpc) is 2.90. The number of fused-ring (bicyclic) bond motifs is 1. The van der Waals surface area contributed by atoms with E-state index in [0.717, 1.165) is 24.0 Å². The number of nitrogens with one attached hydrogen (secondary N) is 1. The van der Waals surface area contributed by atoms with E-state index in [4.69, 9.17) is 11.6 Å². The molecule has 4 nitrogen and oxygen atoms in total. The second-order valence-corrected chi connectivity index (χ2v) is 7.89. The molecule has 0 fully saturated rings. The van der Waals surface area contributed by atoms with Crippen molar-refractivity contribution in [1.82, 2.24) is 4.90 Å². The van der Waals surface area contributed by atoms with Gasteiger partial charge in [-0.05, 0) is 42.2 Å². The van der Waals surface area contributed by atoms with E-state index in [1.807, 2.05) is 54.6 Å². The Kier molecular flexibility index (Phi) is 6.15. The van der Waals surface area contributed by atoms with Gasteiger partial charge in [-0.3, -0.25) is 9.59 Å². The van der Waals surface area contributed by atoms with Gasteiger partial charge in [-0.1, -0.05) is 72.3 Å². The highest BCUT2D eigenvalue weighted by molar-refractivity contribution is 6.30. The summed E-state index contributed by atoms with van der Waals surface area (Å²) >= 11 is 6.28. The van der Waals surface area contributed by atoms with Crippen LogP contribution in [0.4, 0.5) is 5.69 Å². The monoisotopic (exact) mass is 418 g/mol. The molecule has 1 atom stereocenters. The van der Waals surface area contributed by atoms with Crippen LogP contribution in [0.15, 0.2) is 78.9 Å². The molecule has 0 aliphatic carbocycles. The Bertz CT molecular complexity index is 1040. The number of amides is 2. The molecule has 5 heteroatoms. The second-order valence-electron chi connectivity index (χ2n) is 7.45. The maximum absolute atomic E-state index is 13.3. The smallest absolute Gasteiger partial charge is 0.244 e. The largest absolute Gasteiger partial charge is 0.324 e. The fourth-order valence-electron chi connectivity index (χ4n) is 3.94. The number of anilines is 1. The van der Waals surface area contributed by atoms with Crippen molar-refractivity contribution < 1.29 is 9.59 Å². The predicted molar refractivity (Wildman–Crippen MR) is 119 cm³/mol. The minimum atomic E-state index is -0.372. The molecule has 4 rings (SSSR count). The lowest BCUT2D eigenvalue weighted by Gasteiger charge is -2.30. The Hall–Kier alpha value is -3.11. The topological polar surface area (TPSA) is 49.4 Å². The summed E-state index contributed by atoms with van der Waals surface area (Å²) < 4.78 is 0. The maximum Gasteiger partial charge on any atom is 0.244 e. The van der Waals surface area contributed by atoms with Gasteiger partial charge in [-0.25, -0.2) is 0 Å². The summed E-state index contributed by atoms with van der Waals surface area (Å²) in [6.45, 7) is 0.00995. The van der Waals surface area contributed by atoms with Crippen LogP contribution in [0, 0.1) is 0 Å². The van der Waals surface area contributed by atoms with Crippen molar-refractivity contribution in [1.29, 1.82) is 0 Å². The summed E-state index contributed by atoms with van der Waals surface area (Å²) in [7, 11) is 0. The molecule has 1 heterocycles. The minimum absolute atomic E-state index is 0.00995. The fourth-order valence-corrected chi connectivity index (χ4v) is 4.12. The summed E-state index contributed by atoms with van der Waals surface area (Å²) in [4.78, 5) is 27.5. The Morgan fingerprint density at radius 2 is 1.70 bits per heavy atom. The third kappa shape index (κ3) is 4.55. The molecule has 1 unspecified atom stereocenters. The second kappa shape index (κ2) is 9.14. The van der Waals surface area contributed by atoms with Gasteiger partial charge < -0.3 is 10.2 Å². The predicted octanol–water partition coefficient (Wildman–Crippen LogP) is 5.23. The number of carbonyl (C=O) groups excluding carboxylic acids is 2. The highest BCUT2D eigenvalue weighted by Gasteiger charge is 2.33. The van der Waals surface area contributed by atoms with Crippen LogP contribution in [0.1, 0.15) is 35.6 Å². The molecule has 0 bridgehead atoms. The number of rotatable bonds is 5. The molecule has 2 amide bonds. The molecule has 3 aromatic rings. The van der Waals surface area contributed by atoms with Gasteiger partial charge in [0.25, 0.3) is 0 Å². The van der Waals surface area contributed by atoms with Gasteiger partial charge in [0.2, 0.25) is 11.8 Å². The highest BCUT2D eigenvalue weighted by atomic mass is 35.5. The number of carbonyl (C=O) groups is 2. The van der Waals surface area contributed by atoms with Gasteiger partial charge in [0.15, 0.2) is 0 Å². The van der Waals surface area contributed by atoms with Gasteiger partial charge in [0, 0.05) is 22.7 Å². The first-order chi connectivity index (χ1) is 14.6. The Labute approximate surface area is 181 Å². The molecule has 0 aromatic heterocycles. The van der Waals surface area contributed by atoms with Crippen molar-refractivity contribution in [2.75, 3.05) is 11.9 Å². The highest BCUT2D eigenvalue weighted by Crippen LogP contribution is 2.37. The van der Waals surface area contributed by atoms with Gasteiger partial charge in [0.05, 0.1) is 6.04 Å². The van der Waals surface area contributed by atoms with Crippen molar-refractivity contribution in [2.45, 2.75) is 25.3 Å². The van der Waals surface area contributed by atoms with Crippen LogP contribution in [0.2, 0.25) is 5.02 Å². The van der Waals surface area contributed by atoms with E-state index in [0.29, 0.717) is 17.1 Å². The zero-order valence-electron chi connectivity index (χ0n) is 16.6. The van der Waals surface area contributed by atoms with E-state index in [1.165, 1.54) is 5.56 Å². The normalized spacial score (nSPS) is 15.8. The van der Waals surface area contributed by atoms with Gasteiger partial charge >= 0.3 is 0 Å². The zero-order valence-corrected chi connectivity index (χ0v) is 17.3. The minimum Gasteiger partial charge on any atom is -0.324 e. The van der Waals surface area contributed by atoms with Crippen LogP contribution < -0.4 is 5.32 Å². The maximum atomic E-state index is 13.3. The summed E-state index contributed by atoms with van der Waals surface area (Å²) in [6, 6.07) is 24.9. The lowest BCUT2D eigenvalue weighted by molar-refractivity contribution is -0.136. The van der Waals surface area contributed by atoms with Crippen molar-refractivity contribution in [2.24, 2.45) is 0 Å². The zero-order chi connectivity index (χ0) is 20.9. The molecule has 152 valence electrons. The van der Waals surface area contributed by atoms with E-state index < -0.39 is 0 Å². The molecule has 0 saturated heterocycles. The lowest BCUT2D eigenvalue weighted by atomic mass is 9.95. The number of hydrogen-bond donors (Lipinski definition) is 1. The quantitative estimate of drug-likeness (QED) is 0.616. The molecule has 1 aliphatic heterocycles. The van der Waals surface area contributed by atoms with Gasteiger partial charge in [-0.15, -0.1) is 0 Å².